The summed E-state index contributed by atoms with van der Waals surface area (Å²) in [7, 11) is 1.58. The highest BCUT2D eigenvalue weighted by Gasteiger charge is 2.34. The highest BCUT2D eigenvalue weighted by Crippen LogP contribution is 2.32. The zero-order chi connectivity index (χ0) is 16.2. The molecule has 1 saturated heterocycles. The molecule has 0 aromatic heterocycles. The van der Waals surface area contributed by atoms with E-state index < -0.39 is 0 Å². The van der Waals surface area contributed by atoms with E-state index in [0.29, 0.717) is 17.3 Å². The number of rotatable bonds is 4. The zero-order valence-corrected chi connectivity index (χ0v) is 14.5. The van der Waals surface area contributed by atoms with Crippen molar-refractivity contribution in [2.45, 2.75) is 32.1 Å². The van der Waals surface area contributed by atoms with Gasteiger partial charge in [0.1, 0.15) is 5.75 Å². The molecular formula is C18H26ClN2O2+. The van der Waals surface area contributed by atoms with Crippen LogP contribution >= 0.6 is 11.6 Å². The first-order valence-electron chi connectivity index (χ1n) is 8.62. The number of hydrogen-bond donors (Lipinski definition) is 2. The predicted octanol–water partition coefficient (Wildman–Crippen LogP) is 2.38. The van der Waals surface area contributed by atoms with Gasteiger partial charge < -0.3 is 15.0 Å². The quantitative estimate of drug-likeness (QED) is 0.886. The Hall–Kier alpha value is -1.26. The summed E-state index contributed by atoms with van der Waals surface area (Å²) in [6.45, 7) is 2.83. The van der Waals surface area contributed by atoms with Crippen LogP contribution in [0.4, 0.5) is 5.69 Å². The van der Waals surface area contributed by atoms with Gasteiger partial charge in [-0.2, -0.15) is 0 Å². The van der Waals surface area contributed by atoms with Gasteiger partial charge in [0.2, 0.25) is 0 Å². The number of amides is 1. The Kier molecular flexibility index (Phi) is 5.44. The van der Waals surface area contributed by atoms with Crippen LogP contribution < -0.4 is 15.0 Å². The van der Waals surface area contributed by atoms with Gasteiger partial charge in [-0.3, -0.25) is 4.79 Å². The van der Waals surface area contributed by atoms with Crippen molar-refractivity contribution in [1.82, 2.24) is 0 Å². The second-order valence-electron chi connectivity index (χ2n) is 6.87. The minimum absolute atomic E-state index is 0.0653. The monoisotopic (exact) mass is 337 g/mol. The highest BCUT2D eigenvalue weighted by atomic mass is 35.5. The molecule has 1 aromatic carbocycles. The lowest BCUT2D eigenvalue weighted by molar-refractivity contribution is -0.902. The summed E-state index contributed by atoms with van der Waals surface area (Å²) in [6.07, 6.45) is 6.79. The highest BCUT2D eigenvalue weighted by molar-refractivity contribution is 6.32. The van der Waals surface area contributed by atoms with Gasteiger partial charge in [0, 0.05) is 11.6 Å². The number of hydrogen-bond acceptors (Lipinski definition) is 2. The van der Waals surface area contributed by atoms with E-state index >= 15 is 0 Å². The van der Waals surface area contributed by atoms with Crippen LogP contribution in [0.25, 0.3) is 0 Å². The second kappa shape index (κ2) is 7.54. The van der Waals surface area contributed by atoms with Gasteiger partial charge in [-0.05, 0) is 43.4 Å². The van der Waals surface area contributed by atoms with E-state index in [1.807, 2.05) is 6.07 Å². The van der Waals surface area contributed by atoms with E-state index in [1.165, 1.54) is 37.0 Å². The number of carbonyl (C=O) groups is 1. The summed E-state index contributed by atoms with van der Waals surface area (Å²) >= 11 is 6.10. The normalized spacial score (nSPS) is 27.1. The number of carbonyl (C=O) groups excluding carboxylic acids is 1. The number of ether oxygens (including phenoxy) is 1. The summed E-state index contributed by atoms with van der Waals surface area (Å²) in [4.78, 5) is 13.7. The molecule has 1 amide bonds. The molecule has 4 nitrogen and oxygen atoms in total. The second-order valence-corrected chi connectivity index (χ2v) is 7.28. The number of benzene rings is 1. The number of halogens is 1. The molecule has 23 heavy (non-hydrogen) atoms. The fourth-order valence-electron chi connectivity index (χ4n) is 4.13. The first-order valence-corrected chi connectivity index (χ1v) is 9.00. The van der Waals surface area contributed by atoms with Crippen molar-refractivity contribution in [2.75, 3.05) is 32.1 Å². The van der Waals surface area contributed by atoms with E-state index in [-0.39, 0.29) is 5.91 Å². The summed E-state index contributed by atoms with van der Waals surface area (Å²) in [5.41, 5.74) is 0.729. The molecule has 0 bridgehead atoms. The van der Waals surface area contributed by atoms with Crippen LogP contribution in [0.3, 0.4) is 0 Å². The Morgan fingerprint density at radius 3 is 2.83 bits per heavy atom. The minimum atomic E-state index is 0.0653. The molecule has 0 radical (unpaired) electrons. The molecule has 5 heteroatoms. The average molecular weight is 338 g/mol. The number of anilines is 1. The van der Waals surface area contributed by atoms with Gasteiger partial charge in [0.15, 0.2) is 6.54 Å². The molecule has 1 aliphatic carbocycles. The molecule has 126 valence electrons. The summed E-state index contributed by atoms with van der Waals surface area (Å²) < 4.78 is 5.13. The lowest BCUT2D eigenvalue weighted by Gasteiger charge is -2.38. The molecule has 1 aliphatic heterocycles. The summed E-state index contributed by atoms with van der Waals surface area (Å²) in [6, 6.07) is 5.34. The largest absolute Gasteiger partial charge is 0.495 e. The SMILES string of the molecule is COc1ccc(NC(=O)C[NH+]2CC[C@H]3CCCC[C@@H]3C2)cc1Cl. The first-order chi connectivity index (χ1) is 11.2. The van der Waals surface area contributed by atoms with Crippen LogP contribution in [0.15, 0.2) is 18.2 Å². The van der Waals surface area contributed by atoms with Crippen LogP contribution in [0.1, 0.15) is 32.1 Å². The summed E-state index contributed by atoms with van der Waals surface area (Å²) in [5, 5.41) is 3.47. The number of likely N-dealkylation sites (tertiary alicyclic amines) is 1. The van der Waals surface area contributed by atoms with Gasteiger partial charge >= 0.3 is 0 Å². The molecule has 3 atom stereocenters. The lowest BCUT2D eigenvalue weighted by atomic mass is 9.75. The smallest absolute Gasteiger partial charge is 0.279 e. The number of fused-ring (bicyclic) bond motifs is 1. The van der Waals surface area contributed by atoms with Crippen LogP contribution in [0.2, 0.25) is 5.02 Å². The van der Waals surface area contributed by atoms with E-state index in [9.17, 15) is 4.79 Å². The van der Waals surface area contributed by atoms with Crippen molar-refractivity contribution in [3.63, 3.8) is 0 Å². The maximum atomic E-state index is 12.3. The number of quaternary nitrogens is 1. The van der Waals surface area contributed by atoms with Crippen molar-refractivity contribution < 1.29 is 14.4 Å². The van der Waals surface area contributed by atoms with Crippen molar-refractivity contribution in [2.24, 2.45) is 11.8 Å². The van der Waals surface area contributed by atoms with Crippen LogP contribution in [-0.4, -0.2) is 32.7 Å². The third-order valence-electron chi connectivity index (χ3n) is 5.33. The fraction of sp³-hybridized carbons (Fsp3) is 0.611. The fourth-order valence-corrected chi connectivity index (χ4v) is 4.39. The Morgan fingerprint density at radius 2 is 2.09 bits per heavy atom. The van der Waals surface area contributed by atoms with Gasteiger partial charge in [0.05, 0.1) is 25.2 Å². The number of nitrogens with one attached hydrogen (secondary N) is 2. The molecule has 3 rings (SSSR count). The summed E-state index contributed by atoms with van der Waals surface area (Å²) in [5.74, 6) is 2.43. The van der Waals surface area contributed by atoms with E-state index in [1.54, 1.807) is 19.2 Å². The molecule has 1 aromatic rings. The maximum absolute atomic E-state index is 12.3. The van der Waals surface area contributed by atoms with Crippen molar-refractivity contribution in [1.29, 1.82) is 0 Å². The average Bonchev–Trinajstić information content (AvgIpc) is 2.55. The van der Waals surface area contributed by atoms with E-state index in [0.717, 1.165) is 30.6 Å². The Balaban J connectivity index is 1.52. The zero-order valence-electron chi connectivity index (χ0n) is 13.7. The Bertz CT molecular complexity index is 564. The third-order valence-corrected chi connectivity index (χ3v) is 5.63. The van der Waals surface area contributed by atoms with Crippen molar-refractivity contribution >= 4 is 23.2 Å². The first kappa shape index (κ1) is 16.6. The molecule has 1 saturated carbocycles. The van der Waals surface area contributed by atoms with Gasteiger partial charge in [-0.15, -0.1) is 0 Å². The predicted molar refractivity (Wildman–Crippen MR) is 92.3 cm³/mol. The topological polar surface area (TPSA) is 42.8 Å². The molecule has 0 spiro atoms. The Morgan fingerprint density at radius 1 is 1.30 bits per heavy atom. The minimum Gasteiger partial charge on any atom is -0.495 e. The number of piperidine rings is 1. The lowest BCUT2D eigenvalue weighted by Crippen LogP contribution is -3.15. The van der Waals surface area contributed by atoms with Crippen molar-refractivity contribution in [3.05, 3.63) is 23.2 Å². The molecule has 1 heterocycles. The van der Waals surface area contributed by atoms with Gasteiger partial charge in [0.25, 0.3) is 5.91 Å². The maximum Gasteiger partial charge on any atom is 0.279 e. The third kappa shape index (κ3) is 4.18. The van der Waals surface area contributed by atoms with E-state index in [2.05, 4.69) is 5.32 Å². The molecule has 2 N–H and O–H groups in total. The molecular weight excluding hydrogens is 312 g/mol. The van der Waals surface area contributed by atoms with Crippen LogP contribution in [0, 0.1) is 11.8 Å². The molecule has 1 unspecified atom stereocenters. The van der Waals surface area contributed by atoms with Crippen LogP contribution in [0.5, 0.6) is 5.75 Å². The molecule has 2 aliphatic rings. The number of methoxy groups -OCH3 is 1. The standard InChI is InChI=1S/C18H25ClN2O2/c1-23-17-7-6-15(10-16(17)19)20-18(22)12-21-9-8-13-4-2-3-5-14(13)11-21/h6-7,10,13-14H,2-5,8-9,11-12H2,1H3,(H,20,22)/p+1/t13-,14-/m1/s1. The van der Waals surface area contributed by atoms with Gasteiger partial charge in [-0.25, -0.2) is 0 Å². The van der Waals surface area contributed by atoms with Crippen molar-refractivity contribution in [3.8, 4) is 5.75 Å². The Labute approximate surface area is 143 Å². The molecule has 2 fully saturated rings. The van der Waals surface area contributed by atoms with Gasteiger partial charge in [-0.1, -0.05) is 24.4 Å². The van der Waals surface area contributed by atoms with E-state index in [4.69, 9.17) is 16.3 Å². The van der Waals surface area contributed by atoms with Crippen LogP contribution in [-0.2, 0) is 4.79 Å².